The first kappa shape index (κ1) is 19.2. The number of quaternary nitrogens is 1. The smallest absolute Gasteiger partial charge is 0.410 e. The minimum atomic E-state index is -0.258. The summed E-state index contributed by atoms with van der Waals surface area (Å²) in [6, 6.07) is 14.5. The van der Waals surface area contributed by atoms with Crippen LogP contribution in [-0.2, 0) is 9.53 Å². The average Bonchev–Trinajstić information content (AvgIpc) is 2.68. The highest BCUT2D eigenvalue weighted by molar-refractivity contribution is 5.83. The molecule has 1 aliphatic rings. The molecule has 0 aromatic heterocycles. The predicted octanol–water partition coefficient (Wildman–Crippen LogP) is 1.37. The van der Waals surface area contributed by atoms with Gasteiger partial charge in [-0.15, -0.1) is 0 Å². The molecule has 1 atom stereocenters. The van der Waals surface area contributed by atoms with Crippen LogP contribution in [0.3, 0.4) is 0 Å². The lowest BCUT2D eigenvalue weighted by Crippen LogP contribution is -3.15. The van der Waals surface area contributed by atoms with Crippen molar-refractivity contribution in [1.82, 2.24) is 10.2 Å². The molecule has 144 valence electrons. The lowest BCUT2D eigenvalue weighted by molar-refractivity contribution is -0.896. The first-order valence-corrected chi connectivity index (χ1v) is 9.60. The Morgan fingerprint density at radius 3 is 2.56 bits per heavy atom. The molecule has 0 radical (unpaired) electrons. The van der Waals surface area contributed by atoms with Crippen LogP contribution in [0.4, 0.5) is 4.79 Å². The lowest BCUT2D eigenvalue weighted by Gasteiger charge is -2.31. The van der Waals surface area contributed by atoms with E-state index < -0.39 is 0 Å². The molecule has 6 heteroatoms. The van der Waals surface area contributed by atoms with E-state index in [1.807, 2.05) is 19.1 Å². The zero-order chi connectivity index (χ0) is 19.2. The van der Waals surface area contributed by atoms with Gasteiger partial charge in [0.25, 0.3) is 5.91 Å². The van der Waals surface area contributed by atoms with Gasteiger partial charge in [0.2, 0.25) is 0 Å². The zero-order valence-electron chi connectivity index (χ0n) is 16.0. The molecule has 2 aromatic carbocycles. The van der Waals surface area contributed by atoms with Gasteiger partial charge in [0.1, 0.15) is 0 Å². The molecular formula is C21H28N3O3+. The highest BCUT2D eigenvalue weighted by Crippen LogP contribution is 2.20. The number of nitrogens with zero attached hydrogens (tertiary/aromatic N) is 1. The summed E-state index contributed by atoms with van der Waals surface area (Å²) in [6.45, 7) is 7.41. The van der Waals surface area contributed by atoms with E-state index in [1.165, 1.54) is 15.7 Å². The second-order valence-electron chi connectivity index (χ2n) is 7.01. The fraction of sp³-hybridized carbons (Fsp3) is 0.429. The van der Waals surface area contributed by atoms with E-state index in [0.717, 1.165) is 18.7 Å². The topological polar surface area (TPSA) is 63.1 Å². The normalized spacial score (nSPS) is 16.1. The Labute approximate surface area is 160 Å². The molecule has 0 bridgehead atoms. The van der Waals surface area contributed by atoms with Gasteiger partial charge in [-0.2, -0.15) is 0 Å². The van der Waals surface area contributed by atoms with Crippen molar-refractivity contribution < 1.29 is 19.2 Å². The number of benzene rings is 2. The average molecular weight is 370 g/mol. The number of fused-ring (bicyclic) bond motifs is 1. The Hall–Kier alpha value is -2.60. The third-order valence-corrected chi connectivity index (χ3v) is 5.06. The second kappa shape index (κ2) is 8.86. The quantitative estimate of drug-likeness (QED) is 0.836. The molecule has 1 aliphatic heterocycles. The molecule has 0 spiro atoms. The van der Waals surface area contributed by atoms with Crippen molar-refractivity contribution in [2.75, 3.05) is 39.3 Å². The summed E-state index contributed by atoms with van der Waals surface area (Å²) in [4.78, 5) is 27.1. The molecule has 2 aromatic rings. The maximum absolute atomic E-state index is 12.4. The van der Waals surface area contributed by atoms with Gasteiger partial charge in [-0.1, -0.05) is 36.4 Å². The summed E-state index contributed by atoms with van der Waals surface area (Å²) < 4.78 is 5.03. The van der Waals surface area contributed by atoms with Crippen molar-refractivity contribution in [2.24, 2.45) is 0 Å². The first-order valence-electron chi connectivity index (χ1n) is 9.60. The molecule has 0 saturated carbocycles. The third-order valence-electron chi connectivity index (χ3n) is 5.06. The van der Waals surface area contributed by atoms with Gasteiger partial charge in [0, 0.05) is 0 Å². The maximum Gasteiger partial charge on any atom is 0.410 e. The highest BCUT2D eigenvalue weighted by atomic mass is 16.6. The number of carbonyl (C=O) groups excluding carboxylic acids is 2. The van der Waals surface area contributed by atoms with E-state index in [0.29, 0.717) is 26.2 Å². The molecule has 0 aliphatic carbocycles. The van der Waals surface area contributed by atoms with Gasteiger partial charge in [0.05, 0.1) is 38.8 Å². The van der Waals surface area contributed by atoms with E-state index in [4.69, 9.17) is 4.74 Å². The van der Waals surface area contributed by atoms with Crippen LogP contribution in [0.25, 0.3) is 10.8 Å². The second-order valence-corrected chi connectivity index (χ2v) is 7.01. The van der Waals surface area contributed by atoms with Crippen LogP contribution < -0.4 is 10.2 Å². The summed E-state index contributed by atoms with van der Waals surface area (Å²) in [6.07, 6.45) is -0.258. The molecule has 1 heterocycles. The van der Waals surface area contributed by atoms with Crippen LogP contribution in [-0.4, -0.2) is 56.2 Å². The van der Waals surface area contributed by atoms with Crippen molar-refractivity contribution >= 4 is 22.8 Å². The number of ether oxygens (including phenoxy) is 1. The van der Waals surface area contributed by atoms with E-state index in [2.05, 4.69) is 35.6 Å². The Bertz CT molecular complexity index is 800. The SMILES string of the molecule is CCOC(=O)N1CC[NH+](CC(=O)N[C@H](C)c2ccc3ccccc3c2)CC1. The highest BCUT2D eigenvalue weighted by Gasteiger charge is 2.26. The molecule has 6 nitrogen and oxygen atoms in total. The molecule has 3 rings (SSSR count). The fourth-order valence-electron chi connectivity index (χ4n) is 3.48. The van der Waals surface area contributed by atoms with Crippen LogP contribution in [0.2, 0.25) is 0 Å². The van der Waals surface area contributed by atoms with E-state index in [9.17, 15) is 9.59 Å². The molecule has 2 amide bonds. The number of nitrogens with one attached hydrogen (secondary N) is 2. The molecule has 1 fully saturated rings. The maximum atomic E-state index is 12.4. The van der Waals surface area contributed by atoms with Crippen molar-refractivity contribution in [3.05, 3.63) is 48.0 Å². The number of amides is 2. The van der Waals surface area contributed by atoms with Crippen molar-refractivity contribution in [3.8, 4) is 0 Å². The van der Waals surface area contributed by atoms with Gasteiger partial charge in [-0.3, -0.25) is 9.69 Å². The molecule has 2 N–H and O–H groups in total. The van der Waals surface area contributed by atoms with Crippen LogP contribution in [0, 0.1) is 0 Å². The van der Waals surface area contributed by atoms with Crippen LogP contribution in [0.15, 0.2) is 42.5 Å². The Kier molecular flexibility index (Phi) is 6.29. The zero-order valence-corrected chi connectivity index (χ0v) is 16.0. The molecule has 27 heavy (non-hydrogen) atoms. The minimum absolute atomic E-state index is 0.0373. The molecule has 1 saturated heterocycles. The standard InChI is InChI=1S/C21H27N3O3/c1-3-27-21(26)24-12-10-23(11-13-24)15-20(25)22-16(2)18-9-8-17-6-4-5-7-19(17)14-18/h4-9,14,16H,3,10-13,15H2,1-2H3,(H,22,25)/p+1/t16-/m1/s1. The molecular weight excluding hydrogens is 342 g/mol. The lowest BCUT2D eigenvalue weighted by atomic mass is 10.0. The van der Waals surface area contributed by atoms with E-state index in [1.54, 1.807) is 11.8 Å². The summed E-state index contributed by atoms with van der Waals surface area (Å²) in [5.41, 5.74) is 1.10. The van der Waals surface area contributed by atoms with Crippen molar-refractivity contribution in [2.45, 2.75) is 19.9 Å². The van der Waals surface area contributed by atoms with Gasteiger partial charge >= 0.3 is 6.09 Å². The van der Waals surface area contributed by atoms with Crippen LogP contribution in [0.5, 0.6) is 0 Å². The van der Waals surface area contributed by atoms with Gasteiger partial charge in [-0.05, 0) is 36.2 Å². The largest absolute Gasteiger partial charge is 0.450 e. The number of carbonyl (C=O) groups is 2. The van der Waals surface area contributed by atoms with Crippen LogP contribution >= 0.6 is 0 Å². The van der Waals surface area contributed by atoms with E-state index in [-0.39, 0.29) is 18.0 Å². The number of hydrogen-bond acceptors (Lipinski definition) is 3. The molecule has 0 unspecified atom stereocenters. The van der Waals surface area contributed by atoms with E-state index >= 15 is 0 Å². The van der Waals surface area contributed by atoms with Crippen molar-refractivity contribution in [3.63, 3.8) is 0 Å². The van der Waals surface area contributed by atoms with Gasteiger partial charge in [-0.25, -0.2) is 4.79 Å². The number of piperazine rings is 1. The summed E-state index contributed by atoms with van der Waals surface area (Å²) in [5, 5.41) is 5.47. The number of hydrogen-bond donors (Lipinski definition) is 2. The Morgan fingerprint density at radius 2 is 1.85 bits per heavy atom. The monoisotopic (exact) mass is 370 g/mol. The van der Waals surface area contributed by atoms with Crippen LogP contribution in [0.1, 0.15) is 25.5 Å². The first-order chi connectivity index (χ1) is 13.1. The Balaban J connectivity index is 1.49. The third kappa shape index (κ3) is 4.98. The predicted molar refractivity (Wildman–Crippen MR) is 105 cm³/mol. The fourth-order valence-corrected chi connectivity index (χ4v) is 3.48. The Morgan fingerprint density at radius 1 is 1.15 bits per heavy atom. The minimum Gasteiger partial charge on any atom is -0.450 e. The summed E-state index contributed by atoms with van der Waals surface area (Å²) in [5.74, 6) is 0.0373. The summed E-state index contributed by atoms with van der Waals surface area (Å²) in [7, 11) is 0. The number of rotatable bonds is 5. The van der Waals surface area contributed by atoms with Gasteiger partial charge < -0.3 is 15.0 Å². The summed E-state index contributed by atoms with van der Waals surface area (Å²) >= 11 is 0. The van der Waals surface area contributed by atoms with Crippen molar-refractivity contribution in [1.29, 1.82) is 0 Å². The van der Waals surface area contributed by atoms with Gasteiger partial charge in [0.15, 0.2) is 6.54 Å².